The minimum atomic E-state index is -0.686. The fourth-order valence-corrected chi connectivity index (χ4v) is 1.51. The van der Waals surface area contributed by atoms with Gasteiger partial charge in [-0.15, -0.1) is 11.6 Å². The molecule has 0 spiro atoms. The summed E-state index contributed by atoms with van der Waals surface area (Å²) in [4.78, 5) is 13.9. The fraction of sp³-hybridized carbons (Fsp3) is 0.625. The Morgan fingerprint density at radius 2 is 2.47 bits per heavy atom. The molecule has 0 aromatic carbocycles. The summed E-state index contributed by atoms with van der Waals surface area (Å²) in [5.74, 6) is 0.722. The van der Waals surface area contributed by atoms with Gasteiger partial charge in [-0.25, -0.2) is 9.55 Å². The van der Waals surface area contributed by atoms with E-state index in [1.807, 2.05) is 0 Å². The van der Waals surface area contributed by atoms with Crippen LogP contribution in [0.15, 0.2) is 6.20 Å². The lowest BCUT2D eigenvalue weighted by atomic mass is 10.3. The number of hydrogen-bond donors (Lipinski definition) is 1. The molecule has 0 saturated carbocycles. The molecule has 0 fully saturated rings. The lowest BCUT2D eigenvalue weighted by Crippen LogP contribution is -2.18. The van der Waals surface area contributed by atoms with Crippen LogP contribution in [0, 0.1) is 17.0 Å². The maximum atomic E-state index is 10.6. The number of aromatic nitrogens is 2. The quantitative estimate of drug-likeness (QED) is 0.469. The first-order valence-electron chi connectivity index (χ1n) is 4.46. The Hall–Kier alpha value is -1.14. The summed E-state index contributed by atoms with van der Waals surface area (Å²) in [6.07, 6.45) is 0.896. The highest BCUT2D eigenvalue weighted by Gasteiger charge is 2.19. The highest BCUT2D eigenvalue weighted by atomic mass is 35.5. The smallest absolute Gasteiger partial charge is 0.342 e. The van der Waals surface area contributed by atoms with Crippen LogP contribution >= 0.6 is 11.6 Å². The zero-order valence-electron chi connectivity index (χ0n) is 8.26. The van der Waals surface area contributed by atoms with Gasteiger partial charge in [-0.2, -0.15) is 0 Å². The number of aliphatic hydroxyl groups is 1. The third-order valence-corrected chi connectivity index (χ3v) is 2.27. The molecule has 1 aromatic rings. The van der Waals surface area contributed by atoms with Gasteiger partial charge >= 0.3 is 5.82 Å². The van der Waals surface area contributed by atoms with Gasteiger partial charge in [0.2, 0.25) is 0 Å². The molecule has 1 N–H and O–H groups in total. The van der Waals surface area contributed by atoms with Gasteiger partial charge in [0.25, 0.3) is 0 Å². The highest BCUT2D eigenvalue weighted by Crippen LogP contribution is 2.14. The van der Waals surface area contributed by atoms with Gasteiger partial charge in [-0.05, 0) is 11.3 Å². The van der Waals surface area contributed by atoms with E-state index in [9.17, 15) is 15.2 Å². The number of imidazole rings is 1. The molecule has 0 radical (unpaired) electrons. The maximum Gasteiger partial charge on any atom is 0.342 e. The van der Waals surface area contributed by atoms with Gasteiger partial charge in [-0.1, -0.05) is 0 Å². The third kappa shape index (κ3) is 2.90. The van der Waals surface area contributed by atoms with Gasteiger partial charge in [-0.3, -0.25) is 0 Å². The van der Waals surface area contributed by atoms with E-state index in [0.29, 0.717) is 18.1 Å². The average molecular weight is 234 g/mol. The van der Waals surface area contributed by atoms with Crippen LogP contribution in [-0.2, 0) is 6.54 Å². The van der Waals surface area contributed by atoms with E-state index in [4.69, 9.17) is 11.6 Å². The Kier molecular flexibility index (Phi) is 4.05. The van der Waals surface area contributed by atoms with E-state index >= 15 is 0 Å². The first-order chi connectivity index (χ1) is 7.06. The standard InChI is InChI=1S/C8H12ClN3O3/c1-6-10-4-8(12(14)15)11(6)5-7(13)2-3-9/h4,7,13H,2-3,5H2,1H3/t7-/m1/s1. The van der Waals surface area contributed by atoms with E-state index in [1.165, 1.54) is 10.8 Å². The van der Waals surface area contributed by atoms with Crippen LogP contribution in [0.3, 0.4) is 0 Å². The van der Waals surface area contributed by atoms with Gasteiger partial charge < -0.3 is 15.2 Å². The summed E-state index contributed by atoms with van der Waals surface area (Å²) in [5, 5.41) is 20.1. The normalized spacial score (nSPS) is 12.7. The topological polar surface area (TPSA) is 81.2 Å². The largest absolute Gasteiger partial charge is 0.389 e. The molecule has 0 unspecified atom stereocenters. The molecule has 1 atom stereocenters. The number of nitrogens with zero attached hydrogens (tertiary/aromatic N) is 3. The van der Waals surface area contributed by atoms with E-state index in [1.54, 1.807) is 6.92 Å². The van der Waals surface area contributed by atoms with Crippen molar-refractivity contribution in [1.82, 2.24) is 9.55 Å². The Labute approximate surface area is 91.6 Å². The summed E-state index contributed by atoms with van der Waals surface area (Å²) in [6, 6.07) is 0. The van der Waals surface area contributed by atoms with Crippen LogP contribution in [0.5, 0.6) is 0 Å². The highest BCUT2D eigenvalue weighted by molar-refractivity contribution is 6.17. The molecule has 15 heavy (non-hydrogen) atoms. The molecule has 0 aliphatic carbocycles. The second-order valence-corrected chi connectivity index (χ2v) is 3.54. The molecule has 1 heterocycles. The monoisotopic (exact) mass is 233 g/mol. The molecule has 0 amide bonds. The van der Waals surface area contributed by atoms with E-state index in [2.05, 4.69) is 4.98 Å². The van der Waals surface area contributed by atoms with E-state index in [0.717, 1.165) is 0 Å². The van der Waals surface area contributed by atoms with Crippen LogP contribution in [-0.4, -0.2) is 31.6 Å². The second-order valence-electron chi connectivity index (χ2n) is 3.16. The lowest BCUT2D eigenvalue weighted by Gasteiger charge is -2.08. The van der Waals surface area contributed by atoms with Crippen molar-refractivity contribution in [2.45, 2.75) is 26.0 Å². The second kappa shape index (κ2) is 5.09. The van der Waals surface area contributed by atoms with Crippen molar-refractivity contribution in [2.75, 3.05) is 5.88 Å². The number of aliphatic hydroxyl groups excluding tert-OH is 1. The van der Waals surface area contributed by atoms with Crippen molar-refractivity contribution in [1.29, 1.82) is 0 Å². The summed E-state index contributed by atoms with van der Waals surface area (Å²) >= 11 is 5.46. The first-order valence-corrected chi connectivity index (χ1v) is 5.00. The van der Waals surface area contributed by atoms with Gasteiger partial charge in [0.1, 0.15) is 12.7 Å². The summed E-state index contributed by atoms with van der Waals surface area (Å²) in [5.41, 5.74) is 0. The summed E-state index contributed by atoms with van der Waals surface area (Å²) in [7, 11) is 0. The molecule has 1 aromatic heterocycles. The zero-order valence-corrected chi connectivity index (χ0v) is 9.02. The maximum absolute atomic E-state index is 10.6. The molecule has 0 aliphatic heterocycles. The molecule has 84 valence electrons. The van der Waals surface area contributed by atoms with Crippen molar-refractivity contribution in [3.8, 4) is 0 Å². The number of rotatable bonds is 5. The van der Waals surface area contributed by atoms with Crippen LogP contribution in [0.2, 0.25) is 0 Å². The van der Waals surface area contributed by atoms with E-state index in [-0.39, 0.29) is 12.4 Å². The summed E-state index contributed by atoms with van der Waals surface area (Å²) < 4.78 is 1.37. The molecule has 1 rings (SSSR count). The minimum Gasteiger partial charge on any atom is -0.389 e. The Balaban J connectivity index is 2.83. The molecule has 0 bridgehead atoms. The number of halogens is 1. The fourth-order valence-electron chi connectivity index (χ4n) is 1.26. The van der Waals surface area contributed by atoms with Crippen molar-refractivity contribution < 1.29 is 10.0 Å². The Bertz CT molecular complexity index is 353. The molecule has 6 nitrogen and oxygen atoms in total. The molecular weight excluding hydrogens is 222 g/mol. The van der Waals surface area contributed by atoms with E-state index < -0.39 is 11.0 Å². The van der Waals surface area contributed by atoms with Crippen molar-refractivity contribution in [3.05, 3.63) is 22.1 Å². The van der Waals surface area contributed by atoms with Crippen molar-refractivity contribution >= 4 is 17.4 Å². The SMILES string of the molecule is Cc1ncc([N+](=O)[O-])n1C[C@H](O)CCCl. The van der Waals surface area contributed by atoms with Crippen molar-refractivity contribution in [3.63, 3.8) is 0 Å². The molecular formula is C8H12ClN3O3. The Morgan fingerprint density at radius 3 is 3.00 bits per heavy atom. The minimum absolute atomic E-state index is 0.110. The first kappa shape index (κ1) is 11.9. The van der Waals surface area contributed by atoms with Gasteiger partial charge in [0.05, 0.1) is 6.10 Å². The molecule has 7 heteroatoms. The lowest BCUT2D eigenvalue weighted by molar-refractivity contribution is -0.392. The number of nitro groups is 1. The predicted molar refractivity (Wildman–Crippen MR) is 55.0 cm³/mol. The van der Waals surface area contributed by atoms with Crippen LogP contribution < -0.4 is 0 Å². The van der Waals surface area contributed by atoms with Crippen LogP contribution in [0.1, 0.15) is 12.2 Å². The van der Waals surface area contributed by atoms with Gasteiger partial charge in [0.15, 0.2) is 5.82 Å². The zero-order chi connectivity index (χ0) is 11.4. The Morgan fingerprint density at radius 1 is 1.80 bits per heavy atom. The average Bonchev–Trinajstić information content (AvgIpc) is 2.48. The number of aryl methyl sites for hydroxylation is 1. The van der Waals surface area contributed by atoms with Gasteiger partial charge in [0, 0.05) is 12.8 Å². The number of hydrogen-bond acceptors (Lipinski definition) is 4. The predicted octanol–water partition coefficient (Wildman–Crippen LogP) is 1.09. The van der Waals surface area contributed by atoms with Crippen molar-refractivity contribution in [2.24, 2.45) is 0 Å². The molecule has 0 aliphatic rings. The molecule has 0 saturated heterocycles. The third-order valence-electron chi connectivity index (χ3n) is 2.06. The van der Waals surface area contributed by atoms with Crippen LogP contribution in [0.25, 0.3) is 0 Å². The summed E-state index contributed by atoms with van der Waals surface area (Å²) in [6.45, 7) is 1.80. The van der Waals surface area contributed by atoms with Crippen LogP contribution in [0.4, 0.5) is 5.82 Å². The number of alkyl halides is 1.